The van der Waals surface area contributed by atoms with Gasteiger partial charge in [0.25, 0.3) is 0 Å². The number of hydrogen-bond donors (Lipinski definition) is 1. The van der Waals surface area contributed by atoms with Crippen LogP contribution in [0, 0.1) is 0 Å². The van der Waals surface area contributed by atoms with Crippen molar-refractivity contribution in [3.63, 3.8) is 0 Å². The lowest BCUT2D eigenvalue weighted by Crippen LogP contribution is -1.83. The van der Waals surface area contributed by atoms with E-state index in [9.17, 15) is 0 Å². The van der Waals surface area contributed by atoms with Crippen LogP contribution in [0.4, 0.5) is 0 Å². The summed E-state index contributed by atoms with van der Waals surface area (Å²) in [5.74, 6) is 0. The van der Waals surface area contributed by atoms with Crippen LogP contribution in [0.5, 0.6) is 0 Å². The van der Waals surface area contributed by atoms with Crippen molar-refractivity contribution in [2.75, 3.05) is 0 Å². The van der Waals surface area contributed by atoms with Crippen molar-refractivity contribution in [3.8, 4) is 11.4 Å². The topological polar surface area (TPSA) is 54.5 Å². The number of rotatable bonds is 1. The molecule has 4 nitrogen and oxygen atoms in total. The van der Waals surface area contributed by atoms with Gasteiger partial charge >= 0.3 is 0 Å². The molecule has 0 saturated heterocycles. The Morgan fingerprint density at radius 3 is 1.65 bits per heavy atom. The van der Waals surface area contributed by atoms with Crippen LogP contribution >= 0.6 is 0 Å². The van der Waals surface area contributed by atoms with Crippen LogP contribution in [-0.4, -0.2) is 20.2 Å². The summed E-state index contributed by atoms with van der Waals surface area (Å²) in [4.78, 5) is 8.37. The van der Waals surface area contributed by atoms with Gasteiger partial charge in [-0.2, -0.15) is 5.10 Å². The Labute approximate surface area is 99.4 Å². The lowest BCUT2D eigenvalue weighted by atomic mass is 10.2. The summed E-state index contributed by atoms with van der Waals surface area (Å²) in [5, 5.41) is 6.21. The highest BCUT2D eigenvalue weighted by molar-refractivity contribution is 5.52. The Morgan fingerprint density at radius 1 is 0.706 bits per heavy atom. The minimum Gasteiger partial charge on any atom is -0.286 e. The highest BCUT2D eigenvalue weighted by Gasteiger charge is 1.95. The smallest absolute Gasteiger partial charge is 0.0886 e. The van der Waals surface area contributed by atoms with Gasteiger partial charge in [0.15, 0.2) is 0 Å². The molecule has 1 N–H and O–H groups in total. The van der Waals surface area contributed by atoms with Crippen molar-refractivity contribution >= 4 is 0 Å². The second kappa shape index (κ2) is 6.17. The lowest BCUT2D eigenvalue weighted by molar-refractivity contribution is 1.09. The summed E-state index contributed by atoms with van der Waals surface area (Å²) in [7, 11) is 0. The van der Waals surface area contributed by atoms with Gasteiger partial charge in [-0.15, -0.1) is 0 Å². The molecule has 3 aromatic rings. The first-order chi connectivity index (χ1) is 8.47. The maximum Gasteiger partial charge on any atom is 0.0886 e. The molecule has 0 bridgehead atoms. The van der Waals surface area contributed by atoms with E-state index in [0.29, 0.717) is 0 Å². The molecule has 84 valence electrons. The van der Waals surface area contributed by atoms with E-state index >= 15 is 0 Å². The highest BCUT2D eigenvalue weighted by atomic mass is 15.1. The largest absolute Gasteiger partial charge is 0.286 e. The summed E-state index contributed by atoms with van der Waals surface area (Å²) in [6.45, 7) is 0. The van der Waals surface area contributed by atoms with Gasteiger partial charge in [0.2, 0.25) is 0 Å². The normalized spacial score (nSPS) is 9.18. The molecule has 0 amide bonds. The number of hydrogen-bond acceptors (Lipinski definition) is 3. The first-order valence-corrected chi connectivity index (χ1v) is 5.23. The molecular formula is C13H12N4. The number of aromatic amines is 1. The van der Waals surface area contributed by atoms with Gasteiger partial charge in [0.1, 0.15) is 0 Å². The van der Waals surface area contributed by atoms with Crippen molar-refractivity contribution in [2.24, 2.45) is 0 Å². The number of H-pyrrole nitrogens is 1. The van der Waals surface area contributed by atoms with Crippen LogP contribution in [-0.2, 0) is 0 Å². The van der Waals surface area contributed by atoms with E-state index in [1.165, 1.54) is 0 Å². The summed E-state index contributed by atoms with van der Waals surface area (Å²) in [6.07, 6.45) is 6.99. The molecule has 3 heterocycles. The molecule has 0 aromatic carbocycles. The highest BCUT2D eigenvalue weighted by Crippen LogP contribution is 2.10. The summed E-state index contributed by atoms with van der Waals surface area (Å²) in [5.41, 5.74) is 1.83. The van der Waals surface area contributed by atoms with Crippen LogP contribution in [0.15, 0.2) is 67.3 Å². The lowest BCUT2D eigenvalue weighted by Gasteiger charge is -1.96. The van der Waals surface area contributed by atoms with Gasteiger partial charge in [0.05, 0.1) is 11.4 Å². The zero-order valence-corrected chi connectivity index (χ0v) is 9.19. The van der Waals surface area contributed by atoms with E-state index < -0.39 is 0 Å². The van der Waals surface area contributed by atoms with E-state index in [4.69, 9.17) is 0 Å². The predicted octanol–water partition coefficient (Wildman–Crippen LogP) is 2.55. The molecule has 0 aliphatic carbocycles. The second-order valence-corrected chi connectivity index (χ2v) is 3.20. The van der Waals surface area contributed by atoms with Gasteiger partial charge in [-0.1, -0.05) is 12.1 Å². The van der Waals surface area contributed by atoms with Crippen LogP contribution in [0.2, 0.25) is 0 Å². The second-order valence-electron chi connectivity index (χ2n) is 3.20. The minimum absolute atomic E-state index is 0.915. The Hall–Kier alpha value is -2.49. The molecule has 0 aliphatic heterocycles. The maximum atomic E-state index is 4.19. The average molecular weight is 224 g/mol. The molecule has 0 spiro atoms. The molecule has 3 rings (SSSR count). The standard InChI is InChI=1S/C10H8N2.C3H4N2/c1-3-7-11-9(5-1)10-6-2-4-8-12-10;1-2-4-5-3-1/h1-8H;1-3H,(H,4,5). The van der Waals surface area contributed by atoms with Gasteiger partial charge in [0, 0.05) is 24.8 Å². The third kappa shape index (κ3) is 3.53. The third-order valence-corrected chi connectivity index (χ3v) is 2.00. The van der Waals surface area contributed by atoms with Crippen molar-refractivity contribution < 1.29 is 0 Å². The summed E-state index contributed by atoms with van der Waals surface area (Å²) >= 11 is 0. The molecule has 0 atom stereocenters. The van der Waals surface area contributed by atoms with Crippen LogP contribution < -0.4 is 0 Å². The van der Waals surface area contributed by atoms with Gasteiger partial charge in [-0.25, -0.2) is 0 Å². The zero-order valence-electron chi connectivity index (χ0n) is 9.19. The van der Waals surface area contributed by atoms with E-state index in [1.807, 2.05) is 42.5 Å². The van der Waals surface area contributed by atoms with Gasteiger partial charge in [-0.3, -0.25) is 15.1 Å². The Balaban J connectivity index is 0.000000181. The molecule has 0 fully saturated rings. The minimum atomic E-state index is 0.915. The fraction of sp³-hybridized carbons (Fsp3) is 0. The first-order valence-electron chi connectivity index (χ1n) is 5.23. The predicted molar refractivity (Wildman–Crippen MR) is 66.1 cm³/mol. The molecule has 0 radical (unpaired) electrons. The van der Waals surface area contributed by atoms with Crippen molar-refractivity contribution in [2.45, 2.75) is 0 Å². The Bertz CT molecular complexity index is 451. The van der Waals surface area contributed by atoms with E-state index in [1.54, 1.807) is 24.8 Å². The molecule has 0 aliphatic rings. The van der Waals surface area contributed by atoms with Crippen LogP contribution in [0.3, 0.4) is 0 Å². The van der Waals surface area contributed by atoms with Crippen molar-refractivity contribution in [1.82, 2.24) is 20.2 Å². The van der Waals surface area contributed by atoms with E-state index in [0.717, 1.165) is 11.4 Å². The zero-order chi connectivity index (χ0) is 11.8. The SMILES string of the molecule is c1ccc(-c2ccccn2)nc1.c1cn[nH]c1. The van der Waals surface area contributed by atoms with Crippen LogP contribution in [0.1, 0.15) is 0 Å². The maximum absolute atomic E-state index is 4.19. The Morgan fingerprint density at radius 2 is 1.35 bits per heavy atom. The molecule has 0 unspecified atom stereocenters. The fourth-order valence-corrected chi connectivity index (χ4v) is 1.24. The monoisotopic (exact) mass is 224 g/mol. The number of pyridine rings is 2. The number of aromatic nitrogens is 4. The summed E-state index contributed by atoms with van der Waals surface area (Å²) in [6, 6.07) is 13.4. The Kier molecular flexibility index (Phi) is 4.00. The summed E-state index contributed by atoms with van der Waals surface area (Å²) < 4.78 is 0. The molecule has 3 aromatic heterocycles. The van der Waals surface area contributed by atoms with E-state index in [-0.39, 0.29) is 0 Å². The van der Waals surface area contributed by atoms with Crippen LogP contribution in [0.25, 0.3) is 11.4 Å². The molecule has 4 heteroatoms. The quantitative estimate of drug-likeness (QED) is 0.691. The molecule has 0 saturated carbocycles. The van der Waals surface area contributed by atoms with E-state index in [2.05, 4.69) is 20.2 Å². The number of nitrogens with zero attached hydrogens (tertiary/aromatic N) is 3. The fourth-order valence-electron chi connectivity index (χ4n) is 1.24. The average Bonchev–Trinajstić information content (AvgIpc) is 3.00. The molecule has 17 heavy (non-hydrogen) atoms. The number of nitrogens with one attached hydrogen (secondary N) is 1. The van der Waals surface area contributed by atoms with Crippen molar-refractivity contribution in [3.05, 3.63) is 67.3 Å². The molecular weight excluding hydrogens is 212 g/mol. The van der Waals surface area contributed by atoms with Gasteiger partial charge in [-0.05, 0) is 30.3 Å². The van der Waals surface area contributed by atoms with Crippen molar-refractivity contribution in [1.29, 1.82) is 0 Å². The third-order valence-electron chi connectivity index (χ3n) is 2.00. The van der Waals surface area contributed by atoms with Gasteiger partial charge < -0.3 is 0 Å². The first kappa shape index (κ1) is 11.0.